The van der Waals surface area contributed by atoms with Crippen molar-refractivity contribution in [2.45, 2.75) is 19.4 Å². The third kappa shape index (κ3) is 3.58. The Morgan fingerprint density at radius 2 is 1.91 bits per heavy atom. The summed E-state index contributed by atoms with van der Waals surface area (Å²) < 4.78 is 5.23. The molecule has 1 aliphatic heterocycles. The smallest absolute Gasteiger partial charge is 0.0659 e. The van der Waals surface area contributed by atoms with E-state index in [9.17, 15) is 0 Å². The summed E-state index contributed by atoms with van der Waals surface area (Å²) in [6.07, 6.45) is 0. The highest BCUT2D eigenvalue weighted by Crippen LogP contribution is 2.13. The van der Waals surface area contributed by atoms with Crippen molar-refractivity contribution in [2.24, 2.45) is 5.84 Å². The summed E-state index contributed by atoms with van der Waals surface area (Å²) in [5, 5.41) is 1.83. The summed E-state index contributed by atoms with van der Waals surface area (Å²) >= 11 is 0. The van der Waals surface area contributed by atoms with Crippen molar-refractivity contribution in [3.63, 3.8) is 0 Å². The number of rotatable bonds is 0. The molecule has 0 aromatic rings. The topological polar surface area (TPSA) is 38.5 Å². The first-order valence-corrected chi connectivity index (χ1v) is 3.23. The normalized spacial score (nSPS) is 23.2. The fourth-order valence-corrected chi connectivity index (χ4v) is 0.870. The molecule has 0 aromatic carbocycles. The maximum Gasteiger partial charge on any atom is 0.0659 e. The van der Waals surface area contributed by atoms with Crippen LogP contribution in [-0.2, 0) is 4.74 Å². The van der Waals surface area contributed by atoms with E-state index in [1.54, 1.807) is 0 Å². The number of hydrogen-bond acceptors (Lipinski definition) is 3. The lowest BCUT2D eigenvalue weighted by Gasteiger charge is -2.38. The van der Waals surface area contributed by atoms with Crippen molar-refractivity contribution >= 4 is 24.8 Å². The van der Waals surface area contributed by atoms with E-state index in [4.69, 9.17) is 10.6 Å². The molecule has 70 valence electrons. The molecule has 1 aliphatic rings. The van der Waals surface area contributed by atoms with Gasteiger partial charge in [-0.05, 0) is 13.8 Å². The average molecular weight is 203 g/mol. The standard InChI is InChI=1S/C6H14N2O.2ClH/c1-6(2)5-9-4-3-8(6)7;;/h3-5,7H2,1-2H3;2*1H. The number of hydrogen-bond donors (Lipinski definition) is 1. The van der Waals surface area contributed by atoms with Crippen molar-refractivity contribution in [1.29, 1.82) is 0 Å². The zero-order valence-electron chi connectivity index (χ0n) is 6.87. The Labute approximate surface area is 80.0 Å². The predicted molar refractivity (Wildman–Crippen MR) is 50.3 cm³/mol. The third-order valence-corrected chi connectivity index (χ3v) is 1.71. The van der Waals surface area contributed by atoms with Gasteiger partial charge in [0.2, 0.25) is 0 Å². The highest BCUT2D eigenvalue weighted by atomic mass is 35.5. The minimum Gasteiger partial charge on any atom is -0.378 e. The highest BCUT2D eigenvalue weighted by molar-refractivity contribution is 5.85. The van der Waals surface area contributed by atoms with Gasteiger partial charge < -0.3 is 4.74 Å². The van der Waals surface area contributed by atoms with E-state index >= 15 is 0 Å². The Hall–Kier alpha value is 0.460. The molecule has 5 heteroatoms. The summed E-state index contributed by atoms with van der Waals surface area (Å²) in [6.45, 7) is 6.49. The lowest BCUT2D eigenvalue weighted by molar-refractivity contribution is -0.0517. The van der Waals surface area contributed by atoms with Crippen LogP contribution in [-0.4, -0.2) is 30.3 Å². The Balaban J connectivity index is 0. The van der Waals surface area contributed by atoms with Gasteiger partial charge in [-0.1, -0.05) is 0 Å². The summed E-state index contributed by atoms with van der Waals surface area (Å²) in [5.74, 6) is 5.67. The van der Waals surface area contributed by atoms with Crippen LogP contribution in [0.15, 0.2) is 0 Å². The van der Waals surface area contributed by atoms with Gasteiger partial charge in [0.15, 0.2) is 0 Å². The minimum atomic E-state index is 0. The number of nitrogens with two attached hydrogens (primary N) is 1. The van der Waals surface area contributed by atoms with Crippen LogP contribution in [0.2, 0.25) is 0 Å². The Morgan fingerprint density at radius 3 is 2.18 bits per heavy atom. The molecule has 0 aromatic heterocycles. The summed E-state index contributed by atoms with van der Waals surface area (Å²) in [5.41, 5.74) is 0.0260. The van der Waals surface area contributed by atoms with Crippen LogP contribution in [0, 0.1) is 0 Å². The van der Waals surface area contributed by atoms with Gasteiger partial charge in [0, 0.05) is 6.54 Å². The summed E-state index contributed by atoms with van der Waals surface area (Å²) in [4.78, 5) is 0. The number of nitrogens with zero attached hydrogens (tertiary/aromatic N) is 1. The van der Waals surface area contributed by atoms with Crippen molar-refractivity contribution in [3.05, 3.63) is 0 Å². The Bertz CT molecular complexity index is 111. The number of halogens is 2. The molecular formula is C6H16Cl2N2O. The second-order valence-electron chi connectivity index (χ2n) is 3.06. The summed E-state index contributed by atoms with van der Waals surface area (Å²) in [7, 11) is 0. The zero-order chi connectivity index (χ0) is 6.91. The lowest BCUT2D eigenvalue weighted by atomic mass is 10.1. The molecule has 0 spiro atoms. The molecule has 1 heterocycles. The zero-order valence-corrected chi connectivity index (χ0v) is 8.50. The van der Waals surface area contributed by atoms with Crippen LogP contribution in [0.4, 0.5) is 0 Å². The average Bonchev–Trinajstić information content (AvgIpc) is 1.77. The highest BCUT2D eigenvalue weighted by Gasteiger charge is 2.27. The molecule has 0 unspecified atom stereocenters. The monoisotopic (exact) mass is 202 g/mol. The molecule has 0 saturated carbocycles. The van der Waals surface area contributed by atoms with Crippen LogP contribution >= 0.6 is 24.8 Å². The van der Waals surface area contributed by atoms with E-state index < -0.39 is 0 Å². The molecular weight excluding hydrogens is 187 g/mol. The lowest BCUT2D eigenvalue weighted by Crippen LogP contribution is -2.56. The van der Waals surface area contributed by atoms with Crippen LogP contribution in [0.5, 0.6) is 0 Å². The molecule has 11 heavy (non-hydrogen) atoms. The van der Waals surface area contributed by atoms with Crippen molar-refractivity contribution < 1.29 is 4.74 Å². The van der Waals surface area contributed by atoms with E-state index in [-0.39, 0.29) is 30.4 Å². The van der Waals surface area contributed by atoms with Crippen LogP contribution in [0.1, 0.15) is 13.8 Å². The second-order valence-corrected chi connectivity index (χ2v) is 3.06. The maximum absolute atomic E-state index is 5.67. The van der Waals surface area contributed by atoms with E-state index in [2.05, 4.69) is 13.8 Å². The molecule has 0 aliphatic carbocycles. The van der Waals surface area contributed by atoms with Crippen molar-refractivity contribution in [1.82, 2.24) is 5.01 Å². The molecule has 0 amide bonds. The van der Waals surface area contributed by atoms with Gasteiger partial charge in [-0.15, -0.1) is 24.8 Å². The van der Waals surface area contributed by atoms with Gasteiger partial charge in [-0.25, -0.2) is 5.01 Å². The van der Waals surface area contributed by atoms with E-state index in [1.165, 1.54) is 0 Å². The molecule has 1 saturated heterocycles. The summed E-state index contributed by atoms with van der Waals surface area (Å²) in [6, 6.07) is 0. The van der Waals surface area contributed by atoms with Gasteiger partial charge in [-0.2, -0.15) is 0 Å². The number of hydrazine groups is 1. The number of ether oxygens (including phenoxy) is 1. The van der Waals surface area contributed by atoms with E-state index in [1.807, 2.05) is 5.01 Å². The van der Waals surface area contributed by atoms with Gasteiger partial charge in [0.1, 0.15) is 0 Å². The van der Waals surface area contributed by atoms with E-state index in [0.29, 0.717) is 0 Å². The van der Waals surface area contributed by atoms with Crippen LogP contribution in [0.25, 0.3) is 0 Å². The molecule has 0 radical (unpaired) electrons. The number of morpholine rings is 1. The van der Waals surface area contributed by atoms with Gasteiger partial charge in [-0.3, -0.25) is 5.84 Å². The Kier molecular flexibility index (Phi) is 6.58. The van der Waals surface area contributed by atoms with Crippen molar-refractivity contribution in [2.75, 3.05) is 19.8 Å². The molecule has 1 fully saturated rings. The SMILES string of the molecule is CC1(C)COCCN1N.Cl.Cl. The van der Waals surface area contributed by atoms with Gasteiger partial charge >= 0.3 is 0 Å². The fraction of sp³-hybridized carbons (Fsp3) is 1.00. The second kappa shape index (κ2) is 5.17. The maximum atomic E-state index is 5.67. The third-order valence-electron chi connectivity index (χ3n) is 1.71. The van der Waals surface area contributed by atoms with Crippen LogP contribution in [0.3, 0.4) is 0 Å². The first-order valence-electron chi connectivity index (χ1n) is 3.23. The predicted octanol–water partition coefficient (Wildman–Crippen LogP) is 0.814. The molecule has 0 bridgehead atoms. The van der Waals surface area contributed by atoms with Crippen molar-refractivity contribution in [3.8, 4) is 0 Å². The fourth-order valence-electron chi connectivity index (χ4n) is 0.870. The largest absolute Gasteiger partial charge is 0.378 e. The first kappa shape index (κ1) is 14.0. The minimum absolute atomic E-state index is 0. The molecule has 3 nitrogen and oxygen atoms in total. The van der Waals surface area contributed by atoms with Gasteiger partial charge in [0.25, 0.3) is 0 Å². The first-order chi connectivity index (χ1) is 4.13. The van der Waals surface area contributed by atoms with Gasteiger partial charge in [0.05, 0.1) is 18.8 Å². The van der Waals surface area contributed by atoms with Crippen LogP contribution < -0.4 is 5.84 Å². The molecule has 0 atom stereocenters. The Morgan fingerprint density at radius 1 is 1.36 bits per heavy atom. The molecule has 1 rings (SSSR count). The van der Waals surface area contributed by atoms with E-state index in [0.717, 1.165) is 19.8 Å². The quantitative estimate of drug-likeness (QED) is 0.592. The molecule has 2 N–H and O–H groups in total.